The molecule has 0 aliphatic rings. The van der Waals surface area contributed by atoms with E-state index < -0.39 is 12.0 Å². The topological polar surface area (TPSA) is 96.5 Å². The molecule has 1 aromatic heterocycles. The van der Waals surface area contributed by atoms with Gasteiger partial charge in [0.25, 0.3) is 0 Å². The molecular weight excluding hydrogens is 354 g/mol. The summed E-state index contributed by atoms with van der Waals surface area (Å²) in [5, 5.41) is 14.5. The summed E-state index contributed by atoms with van der Waals surface area (Å²) in [6, 6.07) is 6.17. The summed E-state index contributed by atoms with van der Waals surface area (Å²) in [6.45, 7) is 4.99. The van der Waals surface area contributed by atoms with Crippen molar-refractivity contribution < 1.29 is 14.3 Å². The van der Waals surface area contributed by atoms with Crippen LogP contribution in [0.4, 0.5) is 20.7 Å². The smallest absolute Gasteiger partial charge is 0.340 e. The Hall–Kier alpha value is -2.68. The maximum atomic E-state index is 12.2. The number of carbonyl (C=O) groups is 2. The second kappa shape index (κ2) is 9.71. The van der Waals surface area contributed by atoms with Crippen molar-refractivity contribution in [1.82, 2.24) is 10.2 Å². The number of carbonyl (C=O) groups excluding carboxylic acids is 2. The molecule has 0 unspecified atom stereocenters. The van der Waals surface area contributed by atoms with Crippen LogP contribution in [0.5, 0.6) is 0 Å². The van der Waals surface area contributed by atoms with Gasteiger partial charge in [-0.1, -0.05) is 36.8 Å². The zero-order valence-corrected chi connectivity index (χ0v) is 15.9. The van der Waals surface area contributed by atoms with E-state index in [4.69, 9.17) is 4.74 Å². The fourth-order valence-electron chi connectivity index (χ4n) is 2.14. The van der Waals surface area contributed by atoms with Crippen molar-refractivity contribution in [3.8, 4) is 0 Å². The average Bonchev–Trinajstić information content (AvgIpc) is 3.08. The van der Waals surface area contributed by atoms with E-state index in [0.717, 1.165) is 24.5 Å². The Morgan fingerprint density at radius 2 is 1.96 bits per heavy atom. The number of nitrogens with one attached hydrogen (secondary N) is 2. The van der Waals surface area contributed by atoms with E-state index in [9.17, 15) is 9.59 Å². The average molecular weight is 377 g/mol. The number of ether oxygens (including phenoxy) is 1. The number of para-hydroxylation sites is 1. The Bertz CT molecular complexity index is 750. The van der Waals surface area contributed by atoms with Gasteiger partial charge >= 0.3 is 12.0 Å². The lowest BCUT2D eigenvalue weighted by Crippen LogP contribution is -2.21. The van der Waals surface area contributed by atoms with Crippen molar-refractivity contribution in [3.63, 3.8) is 0 Å². The molecule has 0 radical (unpaired) electrons. The van der Waals surface area contributed by atoms with Crippen LogP contribution >= 0.6 is 11.3 Å². The van der Waals surface area contributed by atoms with Crippen molar-refractivity contribution in [1.29, 1.82) is 0 Å². The lowest BCUT2D eigenvalue weighted by atomic mass is 10.2. The van der Waals surface area contributed by atoms with Crippen LogP contribution in [0.1, 0.15) is 37.0 Å². The highest BCUT2D eigenvalue weighted by atomic mass is 32.1. The minimum Gasteiger partial charge on any atom is -0.462 e. The van der Waals surface area contributed by atoms with Crippen LogP contribution in [0.2, 0.25) is 0 Å². The molecule has 0 atom stereocenters. The molecule has 8 nitrogen and oxygen atoms in total. The Morgan fingerprint density at radius 1 is 1.19 bits per heavy atom. The number of nitrogens with zero attached hydrogens (tertiary/aromatic N) is 3. The third-order valence-electron chi connectivity index (χ3n) is 3.48. The largest absolute Gasteiger partial charge is 0.462 e. The lowest BCUT2D eigenvalue weighted by Gasteiger charge is -2.13. The van der Waals surface area contributed by atoms with Crippen LogP contribution in [0, 0.1) is 0 Å². The summed E-state index contributed by atoms with van der Waals surface area (Å²) in [6.07, 6.45) is 2.15. The molecule has 2 aromatic rings. The van der Waals surface area contributed by atoms with E-state index in [1.165, 1.54) is 11.3 Å². The number of esters is 1. The molecule has 2 N–H and O–H groups in total. The highest BCUT2D eigenvalue weighted by Crippen LogP contribution is 2.24. The number of unbranched alkanes of at least 4 members (excludes halogenated alkanes) is 1. The molecular formula is C17H23N5O3S. The van der Waals surface area contributed by atoms with Crippen molar-refractivity contribution in [2.45, 2.75) is 26.7 Å². The van der Waals surface area contributed by atoms with Gasteiger partial charge in [-0.25, -0.2) is 9.59 Å². The molecule has 0 aliphatic heterocycles. The molecule has 1 aromatic carbocycles. The first-order valence-electron chi connectivity index (χ1n) is 8.44. The predicted octanol–water partition coefficient (Wildman–Crippen LogP) is 3.60. The van der Waals surface area contributed by atoms with Crippen molar-refractivity contribution in [3.05, 3.63) is 29.8 Å². The van der Waals surface area contributed by atoms with E-state index in [1.54, 1.807) is 31.2 Å². The van der Waals surface area contributed by atoms with E-state index >= 15 is 0 Å². The summed E-state index contributed by atoms with van der Waals surface area (Å²) >= 11 is 1.29. The van der Waals surface area contributed by atoms with Gasteiger partial charge in [-0.3, -0.25) is 5.32 Å². The second-order valence-electron chi connectivity index (χ2n) is 5.51. The minimum absolute atomic E-state index is 0.262. The third kappa shape index (κ3) is 5.41. The number of rotatable bonds is 8. The molecule has 26 heavy (non-hydrogen) atoms. The first kappa shape index (κ1) is 19.6. The van der Waals surface area contributed by atoms with Gasteiger partial charge in [0.05, 0.1) is 17.9 Å². The summed E-state index contributed by atoms with van der Waals surface area (Å²) in [5.74, 6) is -0.487. The Balaban J connectivity index is 1.99. The number of hydrogen-bond acceptors (Lipinski definition) is 7. The SMILES string of the molecule is CCCCN(C)c1nnc(NC(=O)Nc2ccccc2C(=O)OCC)s1. The number of aromatic nitrogens is 2. The Labute approximate surface area is 156 Å². The molecule has 2 amide bonds. The van der Waals surface area contributed by atoms with Crippen molar-refractivity contribution in [2.75, 3.05) is 35.7 Å². The number of benzene rings is 1. The van der Waals surface area contributed by atoms with Crippen molar-refractivity contribution >= 4 is 39.3 Å². The van der Waals surface area contributed by atoms with Crippen LogP contribution in [0.15, 0.2) is 24.3 Å². The minimum atomic E-state index is -0.499. The molecule has 2 rings (SSSR count). The molecule has 0 fully saturated rings. The summed E-state index contributed by atoms with van der Waals surface area (Å²) in [7, 11) is 1.94. The van der Waals surface area contributed by atoms with Gasteiger partial charge in [0.1, 0.15) is 0 Å². The van der Waals surface area contributed by atoms with Gasteiger partial charge in [-0.05, 0) is 25.5 Å². The van der Waals surface area contributed by atoms with Gasteiger partial charge < -0.3 is 15.0 Å². The van der Waals surface area contributed by atoms with E-state index in [0.29, 0.717) is 16.4 Å². The quantitative estimate of drug-likeness (QED) is 0.683. The summed E-state index contributed by atoms with van der Waals surface area (Å²) < 4.78 is 4.99. The highest BCUT2D eigenvalue weighted by molar-refractivity contribution is 7.19. The molecule has 140 valence electrons. The molecule has 0 saturated heterocycles. The van der Waals surface area contributed by atoms with Gasteiger partial charge in [-0.2, -0.15) is 0 Å². The van der Waals surface area contributed by atoms with Gasteiger partial charge in [-0.15, -0.1) is 10.2 Å². The van der Waals surface area contributed by atoms with Crippen molar-refractivity contribution in [2.24, 2.45) is 0 Å². The molecule has 9 heteroatoms. The fourth-order valence-corrected chi connectivity index (χ4v) is 2.87. The standard InChI is InChI=1S/C17H23N5O3S/c1-4-6-11-22(3)17-21-20-16(26-17)19-15(24)18-13-10-8-7-9-12(13)14(23)25-5-2/h7-10H,4-6,11H2,1-3H3,(H2,18,19,20,24). The van der Waals surface area contributed by atoms with Crippen LogP contribution < -0.4 is 15.5 Å². The third-order valence-corrected chi connectivity index (χ3v) is 4.43. The van der Waals surface area contributed by atoms with E-state index in [-0.39, 0.29) is 6.61 Å². The predicted molar refractivity (Wildman–Crippen MR) is 103 cm³/mol. The van der Waals surface area contributed by atoms with Gasteiger partial charge in [0, 0.05) is 13.6 Å². The summed E-state index contributed by atoms with van der Waals surface area (Å²) in [4.78, 5) is 26.2. The molecule has 0 bridgehead atoms. The first-order chi connectivity index (χ1) is 12.5. The monoisotopic (exact) mass is 377 g/mol. The summed E-state index contributed by atoms with van der Waals surface area (Å²) in [5.41, 5.74) is 0.662. The number of amides is 2. The van der Waals surface area contributed by atoms with Crippen LogP contribution in [-0.4, -0.2) is 42.4 Å². The van der Waals surface area contributed by atoms with Crippen LogP contribution in [0.3, 0.4) is 0 Å². The molecule has 0 spiro atoms. The van der Waals surface area contributed by atoms with Crippen LogP contribution in [0.25, 0.3) is 0 Å². The molecule has 1 heterocycles. The van der Waals surface area contributed by atoms with Gasteiger partial charge in [0.2, 0.25) is 10.3 Å². The zero-order valence-electron chi connectivity index (χ0n) is 15.1. The van der Waals surface area contributed by atoms with Crippen LogP contribution in [-0.2, 0) is 4.74 Å². The van der Waals surface area contributed by atoms with E-state index in [1.807, 2.05) is 11.9 Å². The van der Waals surface area contributed by atoms with Gasteiger partial charge in [0.15, 0.2) is 0 Å². The number of urea groups is 1. The van der Waals surface area contributed by atoms with E-state index in [2.05, 4.69) is 27.8 Å². The second-order valence-corrected chi connectivity index (χ2v) is 6.47. The highest BCUT2D eigenvalue weighted by Gasteiger charge is 2.15. The first-order valence-corrected chi connectivity index (χ1v) is 9.25. The lowest BCUT2D eigenvalue weighted by molar-refractivity contribution is 0.0527. The normalized spacial score (nSPS) is 10.3. The fraction of sp³-hybridized carbons (Fsp3) is 0.412. The Kier molecular flexibility index (Phi) is 7.34. The Morgan fingerprint density at radius 3 is 2.69 bits per heavy atom. The zero-order chi connectivity index (χ0) is 18.9. The maximum Gasteiger partial charge on any atom is 0.340 e. The maximum absolute atomic E-state index is 12.2. The molecule has 0 aliphatic carbocycles. The molecule has 0 saturated carbocycles. The number of hydrogen-bond donors (Lipinski definition) is 2. The number of anilines is 3.